The minimum absolute atomic E-state index is 0.724. The Kier molecular flexibility index (Phi) is 3.79. The van der Waals surface area contributed by atoms with Crippen molar-refractivity contribution in [2.24, 2.45) is 0 Å². The summed E-state index contributed by atoms with van der Waals surface area (Å²) in [6.45, 7) is 3.44. The predicted octanol–water partition coefficient (Wildman–Crippen LogP) is 2.93. The Morgan fingerprint density at radius 2 is 1.93 bits per heavy atom. The lowest BCUT2D eigenvalue weighted by molar-refractivity contribution is 0.603. The van der Waals surface area contributed by atoms with Crippen LogP contribution in [0.5, 0.6) is 0 Å². The second kappa shape index (κ2) is 5.32. The maximum atomic E-state index is 3.54. The third-order valence-electron chi connectivity index (χ3n) is 3.21. The zero-order valence-electron chi connectivity index (χ0n) is 9.63. The number of aryl methyl sites for hydroxylation is 1. The van der Waals surface area contributed by atoms with Crippen molar-refractivity contribution in [1.82, 2.24) is 5.32 Å². The Morgan fingerprint density at radius 3 is 2.53 bits per heavy atom. The van der Waals surface area contributed by atoms with E-state index in [2.05, 4.69) is 36.5 Å². The molecule has 0 amide bonds. The minimum Gasteiger partial charge on any atom is -0.314 e. The van der Waals surface area contributed by atoms with E-state index < -0.39 is 0 Å². The summed E-state index contributed by atoms with van der Waals surface area (Å²) in [6.07, 6.45) is 6.34. The van der Waals surface area contributed by atoms with Crippen molar-refractivity contribution in [3.8, 4) is 0 Å². The molecule has 82 valence electrons. The average Bonchev–Trinajstić information content (AvgIpc) is 2.74. The lowest BCUT2D eigenvalue weighted by atomic mass is 10.0. The molecule has 1 N–H and O–H groups in total. The van der Waals surface area contributed by atoms with Gasteiger partial charge in [0.25, 0.3) is 0 Å². The van der Waals surface area contributed by atoms with E-state index >= 15 is 0 Å². The molecule has 2 rings (SSSR count). The summed E-state index contributed by atoms with van der Waals surface area (Å²) in [6, 6.07) is 9.89. The first-order valence-corrected chi connectivity index (χ1v) is 6.19. The second-order valence-corrected chi connectivity index (χ2v) is 4.56. The first-order valence-electron chi connectivity index (χ1n) is 6.19. The third-order valence-corrected chi connectivity index (χ3v) is 3.21. The minimum atomic E-state index is 0.724. The predicted molar refractivity (Wildman–Crippen MR) is 65.2 cm³/mol. The van der Waals surface area contributed by atoms with Crippen LogP contribution in [0, 0.1) is 0 Å². The fraction of sp³-hybridized carbons (Fsp3) is 0.571. The molecule has 1 heteroatoms. The van der Waals surface area contributed by atoms with E-state index in [-0.39, 0.29) is 0 Å². The van der Waals surface area contributed by atoms with E-state index in [4.69, 9.17) is 0 Å². The zero-order valence-corrected chi connectivity index (χ0v) is 9.63. The highest BCUT2D eigenvalue weighted by Gasteiger charge is 2.13. The van der Waals surface area contributed by atoms with Crippen LogP contribution in [-0.4, -0.2) is 12.6 Å². The maximum Gasteiger partial charge on any atom is 0.0108 e. The number of rotatable bonds is 4. The molecule has 1 nitrogen and oxygen atoms in total. The summed E-state index contributed by atoms with van der Waals surface area (Å²) >= 11 is 0. The summed E-state index contributed by atoms with van der Waals surface area (Å²) in [5.74, 6) is 0. The Bertz CT molecular complexity index is 283. The van der Waals surface area contributed by atoms with Crippen LogP contribution in [0.15, 0.2) is 24.3 Å². The molecule has 0 saturated carbocycles. The molecule has 0 aromatic heterocycles. The molecule has 1 aliphatic rings. The van der Waals surface area contributed by atoms with Crippen LogP contribution in [0.2, 0.25) is 0 Å². The molecule has 1 atom stereocenters. The molecule has 0 spiro atoms. The molecule has 0 aliphatic carbocycles. The van der Waals surface area contributed by atoms with E-state index in [1.807, 2.05) is 0 Å². The largest absolute Gasteiger partial charge is 0.314 e. The quantitative estimate of drug-likeness (QED) is 0.793. The normalized spacial score (nSPS) is 20.7. The lowest BCUT2D eigenvalue weighted by Crippen LogP contribution is -2.23. The Balaban J connectivity index is 1.91. The maximum absolute atomic E-state index is 3.54. The molecule has 1 heterocycles. The third kappa shape index (κ3) is 3.07. The van der Waals surface area contributed by atoms with Crippen LogP contribution in [0.1, 0.15) is 37.3 Å². The fourth-order valence-corrected chi connectivity index (χ4v) is 2.35. The molecule has 0 bridgehead atoms. The molecule has 1 aromatic rings. The van der Waals surface area contributed by atoms with E-state index in [1.165, 1.54) is 49.8 Å². The molecule has 1 saturated heterocycles. The topological polar surface area (TPSA) is 12.0 Å². The van der Waals surface area contributed by atoms with Crippen LogP contribution in [0.4, 0.5) is 0 Å². The van der Waals surface area contributed by atoms with Crippen molar-refractivity contribution < 1.29 is 0 Å². The number of benzene rings is 1. The Labute approximate surface area is 92.9 Å². The fourth-order valence-electron chi connectivity index (χ4n) is 2.35. The molecule has 1 aromatic carbocycles. The van der Waals surface area contributed by atoms with Gasteiger partial charge in [0.05, 0.1) is 0 Å². The van der Waals surface area contributed by atoms with Crippen molar-refractivity contribution in [2.75, 3.05) is 6.54 Å². The summed E-state index contributed by atoms with van der Waals surface area (Å²) in [5, 5.41) is 3.54. The molecule has 1 unspecified atom stereocenters. The van der Waals surface area contributed by atoms with E-state index in [0.29, 0.717) is 0 Å². The molecule has 1 aliphatic heterocycles. The van der Waals surface area contributed by atoms with Crippen molar-refractivity contribution in [3.05, 3.63) is 35.4 Å². The highest BCUT2D eigenvalue weighted by atomic mass is 14.9. The van der Waals surface area contributed by atoms with Crippen LogP contribution < -0.4 is 5.32 Å². The van der Waals surface area contributed by atoms with Gasteiger partial charge in [0, 0.05) is 6.04 Å². The zero-order chi connectivity index (χ0) is 10.5. The average molecular weight is 203 g/mol. The van der Waals surface area contributed by atoms with Gasteiger partial charge in [-0.15, -0.1) is 0 Å². The summed E-state index contributed by atoms with van der Waals surface area (Å²) in [7, 11) is 0. The summed E-state index contributed by atoms with van der Waals surface area (Å²) < 4.78 is 0. The van der Waals surface area contributed by atoms with E-state index in [0.717, 1.165) is 6.04 Å². The molecular weight excluding hydrogens is 182 g/mol. The van der Waals surface area contributed by atoms with Gasteiger partial charge in [-0.05, 0) is 43.4 Å². The number of hydrogen-bond donors (Lipinski definition) is 1. The van der Waals surface area contributed by atoms with Gasteiger partial charge in [0.1, 0.15) is 0 Å². The SMILES string of the molecule is CCCc1ccc(CC2CCCN2)cc1. The van der Waals surface area contributed by atoms with Gasteiger partial charge in [0.2, 0.25) is 0 Å². The van der Waals surface area contributed by atoms with Gasteiger partial charge in [-0.1, -0.05) is 37.6 Å². The van der Waals surface area contributed by atoms with Crippen LogP contribution in [-0.2, 0) is 12.8 Å². The lowest BCUT2D eigenvalue weighted by Gasteiger charge is -2.10. The van der Waals surface area contributed by atoms with Crippen molar-refractivity contribution in [2.45, 2.75) is 45.1 Å². The first-order chi connectivity index (χ1) is 7.38. The van der Waals surface area contributed by atoms with Crippen molar-refractivity contribution in [3.63, 3.8) is 0 Å². The molecular formula is C14H21N. The van der Waals surface area contributed by atoms with E-state index in [1.54, 1.807) is 0 Å². The van der Waals surface area contributed by atoms with Crippen LogP contribution in [0.25, 0.3) is 0 Å². The van der Waals surface area contributed by atoms with Gasteiger partial charge in [-0.3, -0.25) is 0 Å². The Hall–Kier alpha value is -0.820. The first kappa shape index (κ1) is 10.7. The highest BCUT2D eigenvalue weighted by Crippen LogP contribution is 2.13. The summed E-state index contributed by atoms with van der Waals surface area (Å²) in [5.41, 5.74) is 2.95. The van der Waals surface area contributed by atoms with Gasteiger partial charge in [-0.2, -0.15) is 0 Å². The molecule has 15 heavy (non-hydrogen) atoms. The van der Waals surface area contributed by atoms with Gasteiger partial charge >= 0.3 is 0 Å². The van der Waals surface area contributed by atoms with Crippen molar-refractivity contribution >= 4 is 0 Å². The summed E-state index contributed by atoms with van der Waals surface area (Å²) in [4.78, 5) is 0. The van der Waals surface area contributed by atoms with Gasteiger partial charge in [-0.25, -0.2) is 0 Å². The van der Waals surface area contributed by atoms with Gasteiger partial charge in [0.15, 0.2) is 0 Å². The number of nitrogens with one attached hydrogen (secondary N) is 1. The van der Waals surface area contributed by atoms with Crippen molar-refractivity contribution in [1.29, 1.82) is 0 Å². The van der Waals surface area contributed by atoms with E-state index in [9.17, 15) is 0 Å². The smallest absolute Gasteiger partial charge is 0.0108 e. The standard InChI is InChI=1S/C14H21N/c1-2-4-12-6-8-13(9-7-12)11-14-5-3-10-15-14/h6-9,14-15H,2-5,10-11H2,1H3. The highest BCUT2D eigenvalue weighted by molar-refractivity contribution is 5.23. The Morgan fingerprint density at radius 1 is 1.20 bits per heavy atom. The van der Waals surface area contributed by atoms with Crippen LogP contribution in [0.3, 0.4) is 0 Å². The molecule has 0 radical (unpaired) electrons. The number of hydrogen-bond acceptors (Lipinski definition) is 1. The second-order valence-electron chi connectivity index (χ2n) is 4.56. The monoisotopic (exact) mass is 203 g/mol. The van der Waals surface area contributed by atoms with Crippen LogP contribution >= 0.6 is 0 Å². The molecule has 1 fully saturated rings. The van der Waals surface area contributed by atoms with Gasteiger partial charge < -0.3 is 5.32 Å².